The van der Waals surface area contributed by atoms with Crippen LogP contribution in [0.1, 0.15) is 30.5 Å². The van der Waals surface area contributed by atoms with Crippen molar-refractivity contribution in [3.63, 3.8) is 0 Å². The average Bonchev–Trinajstić information content (AvgIpc) is 2.75. The predicted octanol–water partition coefficient (Wildman–Crippen LogP) is 4.49. The molecule has 1 aliphatic heterocycles. The van der Waals surface area contributed by atoms with Crippen molar-refractivity contribution in [1.29, 1.82) is 0 Å². The van der Waals surface area contributed by atoms with Crippen LogP contribution in [-0.4, -0.2) is 58.6 Å². The number of piperazine rings is 1. The number of ether oxygens (including phenoxy) is 1. The van der Waals surface area contributed by atoms with E-state index >= 15 is 0 Å². The van der Waals surface area contributed by atoms with E-state index in [1.807, 2.05) is 6.92 Å². The normalized spacial score (nSPS) is 17.9. The lowest BCUT2D eigenvalue weighted by Crippen LogP contribution is -2.54. The number of carbonyl (C=O) groups is 2. The second-order valence-corrected chi connectivity index (χ2v) is 8.83. The average molecular weight is 499 g/mol. The van der Waals surface area contributed by atoms with Crippen molar-refractivity contribution in [2.45, 2.75) is 45.1 Å². The Bertz CT molecular complexity index is 1030. The van der Waals surface area contributed by atoms with Crippen LogP contribution in [0, 0.1) is 0 Å². The molecule has 1 heterocycles. The van der Waals surface area contributed by atoms with E-state index in [-0.39, 0.29) is 18.4 Å². The van der Waals surface area contributed by atoms with Crippen molar-refractivity contribution in [2.75, 3.05) is 19.6 Å². The summed E-state index contributed by atoms with van der Waals surface area (Å²) in [6.45, 7) is 5.43. The van der Waals surface area contributed by atoms with Crippen LogP contribution in [0.15, 0.2) is 42.5 Å². The highest BCUT2D eigenvalue weighted by molar-refractivity contribution is 6.30. The van der Waals surface area contributed by atoms with Gasteiger partial charge in [0.15, 0.2) is 6.10 Å². The maximum absolute atomic E-state index is 12.8. The van der Waals surface area contributed by atoms with Crippen LogP contribution in [0.2, 0.25) is 5.02 Å². The number of alkyl halides is 3. The van der Waals surface area contributed by atoms with Gasteiger partial charge >= 0.3 is 12.1 Å². The zero-order chi connectivity index (χ0) is 25.0. The Morgan fingerprint density at radius 1 is 1.18 bits per heavy atom. The van der Waals surface area contributed by atoms with Gasteiger partial charge in [-0.15, -0.1) is 0 Å². The molecule has 0 saturated carbocycles. The van der Waals surface area contributed by atoms with E-state index in [1.165, 1.54) is 19.1 Å². The number of benzene rings is 2. The molecule has 0 aromatic heterocycles. The summed E-state index contributed by atoms with van der Waals surface area (Å²) in [7, 11) is 0. The lowest BCUT2D eigenvalue weighted by atomic mass is 10.1. The molecule has 10 heteroatoms. The zero-order valence-corrected chi connectivity index (χ0v) is 19.6. The second kappa shape index (κ2) is 10.7. The highest BCUT2D eigenvalue weighted by Crippen LogP contribution is 2.29. The molecule has 0 unspecified atom stereocenters. The van der Waals surface area contributed by atoms with Gasteiger partial charge < -0.3 is 14.7 Å². The Balaban J connectivity index is 1.61. The molecule has 0 aliphatic carbocycles. The number of carboxylic acid groups (broad SMARTS) is 1. The SMILES string of the molecule is C[C@H](Oc1ccc(Cl)cc1CN1CCN(C(=O)Cc2ccc(C(F)(F)F)cc2)[C@@H](C)C1)C(=O)O. The van der Waals surface area contributed by atoms with E-state index in [2.05, 4.69) is 4.90 Å². The second-order valence-electron chi connectivity index (χ2n) is 8.39. The van der Waals surface area contributed by atoms with Gasteiger partial charge in [-0.3, -0.25) is 9.69 Å². The molecule has 0 spiro atoms. The van der Waals surface area contributed by atoms with Gasteiger partial charge in [-0.2, -0.15) is 13.2 Å². The third-order valence-corrected chi connectivity index (χ3v) is 5.97. The molecule has 2 atom stereocenters. The number of rotatable bonds is 7. The first-order chi connectivity index (χ1) is 15.9. The summed E-state index contributed by atoms with van der Waals surface area (Å²) in [6.07, 6.45) is -5.40. The largest absolute Gasteiger partial charge is 0.479 e. The zero-order valence-electron chi connectivity index (χ0n) is 18.8. The molecule has 2 aromatic rings. The maximum Gasteiger partial charge on any atom is 0.416 e. The predicted molar refractivity (Wildman–Crippen MR) is 121 cm³/mol. The van der Waals surface area contributed by atoms with Gasteiger partial charge in [0.25, 0.3) is 0 Å². The van der Waals surface area contributed by atoms with Gasteiger partial charge in [0, 0.05) is 42.8 Å². The van der Waals surface area contributed by atoms with E-state index in [0.29, 0.717) is 42.5 Å². The number of halogens is 4. The first-order valence-corrected chi connectivity index (χ1v) is 11.2. The third-order valence-electron chi connectivity index (χ3n) is 5.74. The standard InChI is InChI=1S/C24H26ClF3N2O4/c1-15-13-29(14-18-12-20(25)7-8-21(18)34-16(2)23(32)33)9-10-30(15)22(31)11-17-3-5-19(6-4-17)24(26,27)28/h3-8,12,15-16H,9-11,13-14H2,1-2H3,(H,32,33)/t15-,16-/m0/s1. The Morgan fingerprint density at radius 3 is 2.44 bits per heavy atom. The van der Waals surface area contributed by atoms with Gasteiger partial charge in [-0.1, -0.05) is 23.7 Å². The number of aliphatic carboxylic acids is 1. The van der Waals surface area contributed by atoms with E-state index in [4.69, 9.17) is 21.4 Å². The Labute approximate surface area is 200 Å². The quantitative estimate of drug-likeness (QED) is 0.609. The Hall–Kier alpha value is -2.78. The van der Waals surface area contributed by atoms with Crippen LogP contribution in [0.5, 0.6) is 5.75 Å². The lowest BCUT2D eigenvalue weighted by Gasteiger charge is -2.40. The van der Waals surface area contributed by atoms with E-state index in [9.17, 15) is 22.8 Å². The number of nitrogens with zero attached hydrogens (tertiary/aromatic N) is 2. The highest BCUT2D eigenvalue weighted by atomic mass is 35.5. The topological polar surface area (TPSA) is 70.1 Å². The molecule has 34 heavy (non-hydrogen) atoms. The summed E-state index contributed by atoms with van der Waals surface area (Å²) >= 11 is 6.13. The first kappa shape index (κ1) is 25.8. The molecule has 2 aromatic carbocycles. The summed E-state index contributed by atoms with van der Waals surface area (Å²) in [5, 5.41) is 9.64. The highest BCUT2D eigenvalue weighted by Gasteiger charge is 2.31. The van der Waals surface area contributed by atoms with Gasteiger partial charge in [-0.25, -0.2) is 4.79 Å². The maximum atomic E-state index is 12.8. The minimum Gasteiger partial charge on any atom is -0.479 e. The number of carboxylic acids is 1. The van der Waals surface area contributed by atoms with Crippen molar-refractivity contribution >= 4 is 23.5 Å². The number of amides is 1. The molecule has 0 bridgehead atoms. The van der Waals surface area contributed by atoms with Crippen molar-refractivity contribution in [3.05, 3.63) is 64.2 Å². The summed E-state index contributed by atoms with van der Waals surface area (Å²) in [5.74, 6) is -0.781. The molecule has 1 aliphatic rings. The van der Waals surface area contributed by atoms with Crippen LogP contribution in [0.3, 0.4) is 0 Å². The van der Waals surface area contributed by atoms with E-state index in [1.54, 1.807) is 23.1 Å². The fourth-order valence-electron chi connectivity index (χ4n) is 3.90. The molecule has 184 valence electrons. The van der Waals surface area contributed by atoms with Crippen molar-refractivity contribution in [1.82, 2.24) is 9.80 Å². The lowest BCUT2D eigenvalue weighted by molar-refractivity contribution is -0.144. The van der Waals surface area contributed by atoms with Gasteiger partial charge in [0.2, 0.25) is 5.91 Å². The van der Waals surface area contributed by atoms with Crippen molar-refractivity contribution in [2.24, 2.45) is 0 Å². The molecule has 0 radical (unpaired) electrons. The summed E-state index contributed by atoms with van der Waals surface area (Å²) in [6, 6.07) is 9.54. The monoisotopic (exact) mass is 498 g/mol. The minimum atomic E-state index is -4.41. The Kier molecular flexibility index (Phi) is 8.09. The Morgan fingerprint density at radius 2 is 1.85 bits per heavy atom. The van der Waals surface area contributed by atoms with E-state index in [0.717, 1.165) is 17.7 Å². The molecule has 3 rings (SSSR count). The van der Waals surface area contributed by atoms with E-state index < -0.39 is 23.8 Å². The molecule has 6 nitrogen and oxygen atoms in total. The molecule has 1 fully saturated rings. The summed E-state index contributed by atoms with van der Waals surface area (Å²) < 4.78 is 43.8. The molecule has 1 amide bonds. The van der Waals surface area contributed by atoms with Crippen LogP contribution >= 0.6 is 11.6 Å². The van der Waals surface area contributed by atoms with Crippen LogP contribution in [0.4, 0.5) is 13.2 Å². The van der Waals surface area contributed by atoms with Crippen LogP contribution in [-0.2, 0) is 28.7 Å². The number of carbonyl (C=O) groups excluding carboxylic acids is 1. The van der Waals surface area contributed by atoms with Crippen LogP contribution in [0.25, 0.3) is 0 Å². The first-order valence-electron chi connectivity index (χ1n) is 10.8. The summed E-state index contributed by atoms with van der Waals surface area (Å²) in [5.41, 5.74) is 0.533. The van der Waals surface area contributed by atoms with Crippen molar-refractivity contribution in [3.8, 4) is 5.75 Å². The molecule has 1 saturated heterocycles. The van der Waals surface area contributed by atoms with Crippen LogP contribution < -0.4 is 4.74 Å². The van der Waals surface area contributed by atoms with Gasteiger partial charge in [0.1, 0.15) is 5.75 Å². The molecular formula is C24H26ClF3N2O4. The number of hydrogen-bond donors (Lipinski definition) is 1. The van der Waals surface area contributed by atoms with Gasteiger partial charge in [0.05, 0.1) is 12.0 Å². The fourth-order valence-corrected chi connectivity index (χ4v) is 4.10. The van der Waals surface area contributed by atoms with Gasteiger partial charge in [-0.05, 0) is 49.7 Å². The molecular weight excluding hydrogens is 473 g/mol. The third kappa shape index (κ3) is 6.64. The fraction of sp³-hybridized carbons (Fsp3) is 0.417. The molecule has 1 N–H and O–H groups in total. The summed E-state index contributed by atoms with van der Waals surface area (Å²) in [4.78, 5) is 27.8. The van der Waals surface area contributed by atoms with Crippen molar-refractivity contribution < 1.29 is 32.6 Å². The minimum absolute atomic E-state index is 0.0296. The smallest absolute Gasteiger partial charge is 0.416 e. The number of hydrogen-bond acceptors (Lipinski definition) is 4.